The minimum Gasteiger partial charge on any atom is -0.378 e. The van der Waals surface area contributed by atoms with Crippen molar-refractivity contribution >= 4 is 50.9 Å². The van der Waals surface area contributed by atoms with Gasteiger partial charge in [0.25, 0.3) is 0 Å². The van der Waals surface area contributed by atoms with E-state index in [9.17, 15) is 13.2 Å². The third kappa shape index (κ3) is 7.11. The Balaban J connectivity index is 2.03. The van der Waals surface area contributed by atoms with Crippen LogP contribution in [-0.2, 0) is 19.6 Å². The predicted octanol–water partition coefficient (Wildman–Crippen LogP) is 3.08. The lowest BCUT2D eigenvalue weighted by atomic mass is 10.2. The van der Waals surface area contributed by atoms with Crippen molar-refractivity contribution in [1.29, 1.82) is 0 Å². The molecule has 27 heavy (non-hydrogen) atoms. The number of ether oxygens (including phenoxy) is 1. The van der Waals surface area contributed by atoms with Gasteiger partial charge >= 0.3 is 0 Å². The van der Waals surface area contributed by atoms with Gasteiger partial charge in [-0.05, 0) is 55.9 Å². The largest absolute Gasteiger partial charge is 0.378 e. The lowest BCUT2D eigenvalue weighted by molar-refractivity contribution is -0.122. The molecule has 1 amide bonds. The fourth-order valence-corrected chi connectivity index (χ4v) is 5.23. The molecule has 0 aliphatic carbocycles. The highest BCUT2D eigenvalue weighted by Crippen LogP contribution is 2.25. The van der Waals surface area contributed by atoms with Gasteiger partial charge in [0.1, 0.15) is 10.9 Å². The molecule has 6 nitrogen and oxygen atoms in total. The zero-order valence-electron chi connectivity index (χ0n) is 15.0. The second kappa shape index (κ2) is 10.9. The molecule has 0 bridgehead atoms. The van der Waals surface area contributed by atoms with Crippen LogP contribution in [-0.4, -0.2) is 51.6 Å². The summed E-state index contributed by atoms with van der Waals surface area (Å²) in [6.45, 7) is 1.20. The fraction of sp³-hybridized carbons (Fsp3) is 0.588. The third-order valence-corrected chi connectivity index (χ3v) is 7.03. The van der Waals surface area contributed by atoms with Crippen molar-refractivity contribution < 1.29 is 17.9 Å². The van der Waals surface area contributed by atoms with Crippen LogP contribution in [0.3, 0.4) is 0 Å². The minimum absolute atomic E-state index is 0.0503. The topological polar surface area (TPSA) is 84.5 Å². The van der Waals surface area contributed by atoms with Gasteiger partial charge in [-0.3, -0.25) is 4.79 Å². The summed E-state index contributed by atoms with van der Waals surface area (Å²) in [5.41, 5.74) is 0. The molecule has 1 heterocycles. The molecule has 1 aliphatic heterocycles. The van der Waals surface area contributed by atoms with E-state index in [-0.39, 0.29) is 27.0 Å². The van der Waals surface area contributed by atoms with Crippen molar-refractivity contribution in [3.8, 4) is 0 Å². The Hall–Kier alpha value is -0.510. The second-order valence-corrected chi connectivity index (χ2v) is 9.76. The monoisotopic (exact) mass is 454 g/mol. The van der Waals surface area contributed by atoms with Crippen LogP contribution in [0.25, 0.3) is 0 Å². The van der Waals surface area contributed by atoms with E-state index in [2.05, 4.69) is 10.0 Å². The molecule has 2 rings (SSSR count). The molecule has 152 valence electrons. The highest BCUT2D eigenvalue weighted by atomic mass is 35.5. The number of rotatable bonds is 10. The van der Waals surface area contributed by atoms with Gasteiger partial charge in [-0.25, -0.2) is 8.42 Å². The zero-order chi connectivity index (χ0) is 19.9. The van der Waals surface area contributed by atoms with Crippen LogP contribution in [0.2, 0.25) is 10.0 Å². The molecule has 2 unspecified atom stereocenters. The summed E-state index contributed by atoms with van der Waals surface area (Å²) in [5.74, 6) is 0.277. The maximum atomic E-state index is 12.7. The first-order valence-corrected chi connectivity index (χ1v) is 12.3. The van der Waals surface area contributed by atoms with Gasteiger partial charge in [-0.1, -0.05) is 23.2 Å². The van der Waals surface area contributed by atoms with Crippen molar-refractivity contribution in [2.45, 2.75) is 42.7 Å². The number of nitrogens with one attached hydrogen (secondary N) is 2. The first-order valence-electron chi connectivity index (χ1n) is 8.69. The van der Waals surface area contributed by atoms with Crippen LogP contribution in [0.1, 0.15) is 25.7 Å². The van der Waals surface area contributed by atoms with Crippen LogP contribution in [0.15, 0.2) is 23.1 Å². The minimum atomic E-state index is -3.99. The molecule has 0 saturated carbocycles. The van der Waals surface area contributed by atoms with Crippen molar-refractivity contribution in [2.75, 3.05) is 25.2 Å². The van der Waals surface area contributed by atoms with Crippen LogP contribution in [0.4, 0.5) is 0 Å². The third-order valence-electron chi connectivity index (χ3n) is 4.20. The normalized spacial score (nSPS) is 18.4. The Morgan fingerprint density at radius 2 is 2.19 bits per heavy atom. The van der Waals surface area contributed by atoms with E-state index in [1.54, 1.807) is 0 Å². The van der Waals surface area contributed by atoms with E-state index in [0.29, 0.717) is 25.1 Å². The number of sulfonamides is 1. The molecule has 1 saturated heterocycles. The lowest BCUT2D eigenvalue weighted by Gasteiger charge is -2.19. The maximum Gasteiger partial charge on any atom is 0.242 e. The van der Waals surface area contributed by atoms with Gasteiger partial charge in [0.2, 0.25) is 15.9 Å². The SMILES string of the molecule is CSCCC(NS(=O)(=O)c1cc(Cl)ccc1Cl)C(=O)NCCC1CCCO1. The lowest BCUT2D eigenvalue weighted by Crippen LogP contribution is -2.47. The van der Waals surface area contributed by atoms with E-state index in [0.717, 1.165) is 19.4 Å². The maximum absolute atomic E-state index is 12.7. The van der Waals surface area contributed by atoms with Crippen LogP contribution in [0, 0.1) is 0 Å². The highest BCUT2D eigenvalue weighted by Gasteiger charge is 2.27. The Labute approximate surface area is 174 Å². The molecule has 1 aliphatic rings. The number of halogens is 2. The van der Waals surface area contributed by atoms with Gasteiger partial charge in [-0.15, -0.1) is 0 Å². The van der Waals surface area contributed by atoms with E-state index < -0.39 is 16.1 Å². The summed E-state index contributed by atoms with van der Waals surface area (Å²) in [6, 6.07) is 3.30. The summed E-state index contributed by atoms with van der Waals surface area (Å²) in [7, 11) is -3.99. The fourth-order valence-electron chi connectivity index (χ4n) is 2.76. The highest BCUT2D eigenvalue weighted by molar-refractivity contribution is 7.98. The first kappa shape index (κ1) is 22.8. The van der Waals surface area contributed by atoms with Crippen LogP contribution < -0.4 is 10.0 Å². The molecular weight excluding hydrogens is 431 g/mol. The Bertz CT molecular complexity index is 740. The summed E-state index contributed by atoms with van der Waals surface area (Å²) in [5, 5.41) is 3.11. The summed E-state index contributed by atoms with van der Waals surface area (Å²) in [4.78, 5) is 12.4. The predicted molar refractivity (Wildman–Crippen MR) is 110 cm³/mol. The Morgan fingerprint density at radius 3 is 2.85 bits per heavy atom. The molecule has 1 aromatic rings. The summed E-state index contributed by atoms with van der Waals surface area (Å²) >= 11 is 13.4. The number of carbonyl (C=O) groups excluding carboxylic acids is 1. The Kier molecular flexibility index (Phi) is 9.18. The molecule has 2 atom stereocenters. The quantitative estimate of drug-likeness (QED) is 0.567. The Morgan fingerprint density at radius 1 is 1.41 bits per heavy atom. The number of benzene rings is 1. The molecular formula is C17H24Cl2N2O4S2. The first-order chi connectivity index (χ1) is 12.8. The molecule has 0 spiro atoms. The molecule has 1 aromatic carbocycles. The van der Waals surface area contributed by atoms with Crippen molar-refractivity contribution in [2.24, 2.45) is 0 Å². The average molecular weight is 455 g/mol. The van der Waals surface area contributed by atoms with Crippen molar-refractivity contribution in [1.82, 2.24) is 10.0 Å². The van der Waals surface area contributed by atoms with Crippen molar-refractivity contribution in [3.63, 3.8) is 0 Å². The standard InChI is InChI=1S/C17H24Cl2N2O4S2/c1-26-10-7-15(17(22)20-8-6-13-3-2-9-25-13)21-27(23,24)16-11-12(18)4-5-14(16)19/h4-5,11,13,15,21H,2-3,6-10H2,1H3,(H,20,22). The smallest absolute Gasteiger partial charge is 0.242 e. The molecule has 1 fully saturated rings. The molecule has 2 N–H and O–H groups in total. The van der Waals surface area contributed by atoms with Gasteiger partial charge in [0.15, 0.2) is 0 Å². The van der Waals surface area contributed by atoms with Gasteiger partial charge in [0.05, 0.1) is 11.1 Å². The molecule has 0 radical (unpaired) electrons. The van der Waals surface area contributed by atoms with E-state index in [1.807, 2.05) is 6.26 Å². The second-order valence-electron chi connectivity index (χ2n) is 6.24. The average Bonchev–Trinajstić information content (AvgIpc) is 3.13. The van der Waals surface area contributed by atoms with E-state index in [4.69, 9.17) is 27.9 Å². The number of hydrogen-bond donors (Lipinski definition) is 2. The number of carbonyl (C=O) groups is 1. The van der Waals surface area contributed by atoms with E-state index in [1.165, 1.54) is 30.0 Å². The number of thioether (sulfide) groups is 1. The van der Waals surface area contributed by atoms with Gasteiger partial charge < -0.3 is 10.1 Å². The summed E-state index contributed by atoms with van der Waals surface area (Å²) < 4.78 is 33.4. The van der Waals surface area contributed by atoms with Crippen LogP contribution in [0.5, 0.6) is 0 Å². The molecule has 10 heteroatoms. The number of hydrogen-bond acceptors (Lipinski definition) is 5. The van der Waals surface area contributed by atoms with Crippen molar-refractivity contribution in [3.05, 3.63) is 28.2 Å². The van der Waals surface area contributed by atoms with Gasteiger partial charge in [-0.2, -0.15) is 16.5 Å². The van der Waals surface area contributed by atoms with E-state index >= 15 is 0 Å². The van der Waals surface area contributed by atoms with Gasteiger partial charge in [0, 0.05) is 18.2 Å². The molecule has 0 aromatic heterocycles. The number of amides is 1. The zero-order valence-corrected chi connectivity index (χ0v) is 18.2. The van der Waals surface area contributed by atoms with Crippen LogP contribution >= 0.6 is 35.0 Å². The summed E-state index contributed by atoms with van der Waals surface area (Å²) in [6.07, 6.45) is 5.17.